The molecule has 1 aliphatic heterocycles. The van der Waals surface area contributed by atoms with E-state index in [0.29, 0.717) is 13.1 Å². The fourth-order valence-electron chi connectivity index (χ4n) is 4.17. The van der Waals surface area contributed by atoms with Crippen molar-refractivity contribution in [3.8, 4) is 0 Å². The number of hydrogen-bond donors (Lipinski definition) is 0. The summed E-state index contributed by atoms with van der Waals surface area (Å²) < 4.78 is 29.9. The summed E-state index contributed by atoms with van der Waals surface area (Å²) in [5.41, 5.74) is -0.0196. The van der Waals surface area contributed by atoms with Crippen LogP contribution in [0.1, 0.15) is 37.9 Å². The smallest absolute Gasteiger partial charge is 0.244 e. The SMILES string of the molecule is CCn1cnnc1C1CN(S(=O)(=O)c2ccccc2Cl)CC12CCC2. The highest BCUT2D eigenvalue weighted by atomic mass is 35.5. The molecule has 6 nitrogen and oxygen atoms in total. The van der Waals surface area contributed by atoms with Gasteiger partial charge in [0.05, 0.1) is 5.02 Å². The first-order chi connectivity index (χ1) is 12.0. The van der Waals surface area contributed by atoms with Gasteiger partial charge in [-0.1, -0.05) is 30.2 Å². The molecular formula is C17H21ClN4O2S. The Morgan fingerprint density at radius 1 is 1.32 bits per heavy atom. The van der Waals surface area contributed by atoms with Crippen molar-refractivity contribution in [1.29, 1.82) is 0 Å². The second kappa shape index (κ2) is 6.07. The summed E-state index contributed by atoms with van der Waals surface area (Å²) in [4.78, 5) is 0.184. The summed E-state index contributed by atoms with van der Waals surface area (Å²) in [6.45, 7) is 3.80. The number of aryl methyl sites for hydroxylation is 1. The normalized spacial score (nSPS) is 23.0. The highest BCUT2D eigenvalue weighted by Crippen LogP contribution is 2.56. The number of benzene rings is 1. The van der Waals surface area contributed by atoms with Crippen molar-refractivity contribution in [3.05, 3.63) is 41.4 Å². The van der Waals surface area contributed by atoms with Gasteiger partial charge in [-0.05, 0) is 37.3 Å². The van der Waals surface area contributed by atoms with E-state index in [0.717, 1.165) is 31.6 Å². The topological polar surface area (TPSA) is 68.1 Å². The molecule has 0 N–H and O–H groups in total. The number of sulfonamides is 1. The van der Waals surface area contributed by atoms with Gasteiger partial charge in [0, 0.05) is 25.6 Å². The quantitative estimate of drug-likeness (QED) is 0.817. The molecular weight excluding hydrogens is 360 g/mol. The van der Waals surface area contributed by atoms with Crippen molar-refractivity contribution >= 4 is 21.6 Å². The van der Waals surface area contributed by atoms with Gasteiger partial charge in [-0.25, -0.2) is 8.42 Å². The van der Waals surface area contributed by atoms with E-state index in [1.165, 1.54) is 0 Å². The van der Waals surface area contributed by atoms with Gasteiger partial charge in [-0.3, -0.25) is 0 Å². The Balaban J connectivity index is 1.71. The van der Waals surface area contributed by atoms with Crippen LogP contribution >= 0.6 is 11.6 Å². The van der Waals surface area contributed by atoms with Crippen LogP contribution in [0.4, 0.5) is 0 Å². The van der Waals surface area contributed by atoms with Crippen molar-refractivity contribution in [3.63, 3.8) is 0 Å². The van der Waals surface area contributed by atoms with E-state index in [1.807, 2.05) is 11.5 Å². The van der Waals surface area contributed by atoms with Gasteiger partial charge in [0.25, 0.3) is 0 Å². The van der Waals surface area contributed by atoms with E-state index in [9.17, 15) is 8.42 Å². The lowest BCUT2D eigenvalue weighted by atomic mass is 9.62. The summed E-state index contributed by atoms with van der Waals surface area (Å²) in [6.07, 6.45) is 4.93. The zero-order chi connectivity index (χ0) is 17.7. The molecule has 25 heavy (non-hydrogen) atoms. The summed E-state index contributed by atoms with van der Waals surface area (Å²) in [5.74, 6) is 0.986. The monoisotopic (exact) mass is 380 g/mol. The fourth-order valence-corrected chi connectivity index (χ4v) is 6.21. The molecule has 1 saturated heterocycles. The van der Waals surface area contributed by atoms with Crippen LogP contribution in [0, 0.1) is 5.41 Å². The molecule has 1 spiro atoms. The van der Waals surface area contributed by atoms with Gasteiger partial charge in [0.2, 0.25) is 10.0 Å². The second-order valence-electron chi connectivity index (χ2n) is 6.97. The van der Waals surface area contributed by atoms with Crippen LogP contribution < -0.4 is 0 Å². The molecule has 8 heteroatoms. The van der Waals surface area contributed by atoms with E-state index >= 15 is 0 Å². The molecule has 134 valence electrons. The molecule has 1 saturated carbocycles. The van der Waals surface area contributed by atoms with Crippen LogP contribution in [0.3, 0.4) is 0 Å². The van der Waals surface area contributed by atoms with Gasteiger partial charge in [0.15, 0.2) is 0 Å². The van der Waals surface area contributed by atoms with Gasteiger partial charge in [-0.2, -0.15) is 4.31 Å². The Kier molecular flexibility index (Phi) is 4.13. The Labute approximate surface area is 152 Å². The standard InChI is InChI=1S/C17H21ClN4O2S/c1-2-21-12-19-20-16(21)13-10-22(11-17(13)8-5-9-17)25(23,24)15-7-4-3-6-14(15)18/h3-4,6-7,12-13H,2,5,8-11H2,1H3. The molecule has 2 aromatic rings. The number of aromatic nitrogens is 3. The summed E-state index contributed by atoms with van der Waals surface area (Å²) in [7, 11) is -3.62. The third-order valence-corrected chi connectivity index (χ3v) is 8.03. The minimum absolute atomic E-state index is 0.0196. The summed E-state index contributed by atoms with van der Waals surface area (Å²) >= 11 is 6.16. The largest absolute Gasteiger partial charge is 0.318 e. The Bertz CT molecular complexity index is 892. The minimum Gasteiger partial charge on any atom is -0.318 e. The lowest BCUT2D eigenvalue weighted by molar-refractivity contribution is 0.125. The van der Waals surface area contributed by atoms with E-state index in [4.69, 9.17) is 11.6 Å². The van der Waals surface area contributed by atoms with Crippen molar-refractivity contribution in [2.75, 3.05) is 13.1 Å². The number of halogens is 1. The molecule has 2 heterocycles. The van der Waals surface area contributed by atoms with Crippen LogP contribution in [0.2, 0.25) is 5.02 Å². The van der Waals surface area contributed by atoms with Crippen LogP contribution in [0.15, 0.2) is 35.5 Å². The van der Waals surface area contributed by atoms with Crippen molar-refractivity contribution in [2.45, 2.75) is 43.5 Å². The molecule has 1 aliphatic carbocycles. The maximum absolute atomic E-state index is 13.2. The molecule has 1 atom stereocenters. The molecule has 4 rings (SSSR count). The van der Waals surface area contributed by atoms with E-state index in [2.05, 4.69) is 10.2 Å². The maximum atomic E-state index is 13.2. The van der Waals surface area contributed by atoms with Gasteiger partial charge in [0.1, 0.15) is 17.0 Å². The highest BCUT2D eigenvalue weighted by Gasteiger charge is 2.55. The first-order valence-electron chi connectivity index (χ1n) is 8.60. The summed E-state index contributed by atoms with van der Waals surface area (Å²) in [5, 5.41) is 8.63. The van der Waals surface area contributed by atoms with Crippen LogP contribution in [-0.2, 0) is 16.6 Å². The third-order valence-electron chi connectivity index (χ3n) is 5.72. The minimum atomic E-state index is -3.62. The third kappa shape index (κ3) is 2.60. The molecule has 1 unspecified atom stereocenters. The zero-order valence-corrected chi connectivity index (χ0v) is 15.7. The second-order valence-corrected chi connectivity index (χ2v) is 9.29. The van der Waals surface area contributed by atoms with Gasteiger partial charge in [-0.15, -0.1) is 10.2 Å². The van der Waals surface area contributed by atoms with Crippen LogP contribution in [0.5, 0.6) is 0 Å². The molecule has 2 fully saturated rings. The Morgan fingerprint density at radius 3 is 2.72 bits per heavy atom. The molecule has 2 aliphatic rings. The molecule has 0 amide bonds. The molecule has 1 aromatic heterocycles. The molecule has 0 bridgehead atoms. The Hall–Kier alpha value is -1.44. The lowest BCUT2D eigenvalue weighted by Crippen LogP contribution is -2.38. The molecule has 1 aromatic carbocycles. The first-order valence-corrected chi connectivity index (χ1v) is 10.4. The number of nitrogens with zero attached hydrogens (tertiary/aromatic N) is 4. The van der Waals surface area contributed by atoms with Crippen LogP contribution in [-0.4, -0.2) is 40.6 Å². The van der Waals surface area contributed by atoms with Crippen molar-refractivity contribution in [2.24, 2.45) is 5.41 Å². The van der Waals surface area contributed by atoms with Crippen molar-refractivity contribution in [1.82, 2.24) is 19.1 Å². The average molecular weight is 381 g/mol. The predicted octanol–water partition coefficient (Wildman–Crippen LogP) is 2.91. The van der Waals surface area contributed by atoms with E-state index in [1.54, 1.807) is 34.9 Å². The summed E-state index contributed by atoms with van der Waals surface area (Å²) in [6, 6.07) is 6.65. The Morgan fingerprint density at radius 2 is 2.08 bits per heavy atom. The van der Waals surface area contributed by atoms with Crippen molar-refractivity contribution < 1.29 is 8.42 Å². The predicted molar refractivity (Wildman–Crippen MR) is 94.9 cm³/mol. The number of rotatable bonds is 4. The van der Waals surface area contributed by atoms with Gasteiger partial charge < -0.3 is 4.57 Å². The van der Waals surface area contributed by atoms with E-state index < -0.39 is 10.0 Å². The van der Waals surface area contributed by atoms with Gasteiger partial charge >= 0.3 is 0 Å². The fraction of sp³-hybridized carbons (Fsp3) is 0.529. The highest BCUT2D eigenvalue weighted by molar-refractivity contribution is 7.89. The lowest BCUT2D eigenvalue weighted by Gasteiger charge is -2.42. The maximum Gasteiger partial charge on any atom is 0.244 e. The van der Waals surface area contributed by atoms with E-state index in [-0.39, 0.29) is 21.3 Å². The molecule has 0 radical (unpaired) electrons. The average Bonchev–Trinajstić information content (AvgIpc) is 3.18. The first kappa shape index (κ1) is 17.0. The van der Waals surface area contributed by atoms with Crippen LogP contribution in [0.25, 0.3) is 0 Å². The zero-order valence-electron chi connectivity index (χ0n) is 14.1. The number of hydrogen-bond acceptors (Lipinski definition) is 4.